The van der Waals surface area contributed by atoms with E-state index in [4.69, 9.17) is 9.47 Å². The van der Waals surface area contributed by atoms with Crippen molar-refractivity contribution in [2.45, 2.75) is 117 Å². The fraction of sp³-hybridized carbons (Fsp3) is 0.724. The molecule has 0 unspecified atom stereocenters. The van der Waals surface area contributed by atoms with Crippen molar-refractivity contribution in [2.75, 3.05) is 13.2 Å². The Morgan fingerprint density at radius 1 is 0.636 bits per heavy atom. The Balaban J connectivity index is 2.59. The zero-order valence-electron chi connectivity index (χ0n) is 21.5. The molecule has 0 aliphatic carbocycles. The molecule has 0 N–H and O–H groups in total. The number of aryl methyl sites for hydroxylation is 1. The summed E-state index contributed by atoms with van der Waals surface area (Å²) >= 11 is 0. The van der Waals surface area contributed by atoms with Crippen LogP contribution in [0.2, 0.25) is 0 Å². The minimum Gasteiger partial charge on any atom is -0.465 e. The molecule has 0 saturated heterocycles. The van der Waals surface area contributed by atoms with Crippen molar-refractivity contribution in [3.05, 3.63) is 35.9 Å². The topological polar surface area (TPSA) is 52.6 Å². The molecular weight excluding hydrogens is 412 g/mol. The third-order valence-electron chi connectivity index (χ3n) is 6.45. The third-order valence-corrected chi connectivity index (χ3v) is 6.45. The first-order valence-corrected chi connectivity index (χ1v) is 13.5. The highest BCUT2D eigenvalue weighted by molar-refractivity contribution is 6.00. The molecule has 0 radical (unpaired) electrons. The van der Waals surface area contributed by atoms with Crippen LogP contribution in [0.4, 0.5) is 0 Å². The molecule has 0 atom stereocenters. The number of ether oxygens (including phenoxy) is 2. The van der Waals surface area contributed by atoms with Crippen LogP contribution in [0, 0.1) is 5.41 Å². The molecule has 0 spiro atoms. The number of unbranched alkanes of at least 4 members (excludes halogenated alkanes) is 10. The van der Waals surface area contributed by atoms with Gasteiger partial charge in [0.25, 0.3) is 0 Å². The largest absolute Gasteiger partial charge is 0.465 e. The molecule has 1 rings (SSSR count). The molecule has 0 amide bonds. The summed E-state index contributed by atoms with van der Waals surface area (Å²) in [7, 11) is 0. The highest BCUT2D eigenvalue weighted by atomic mass is 16.6. The molecule has 0 aliphatic rings. The Labute approximate surface area is 202 Å². The lowest BCUT2D eigenvalue weighted by molar-refractivity contribution is -0.173. The maximum Gasteiger partial charge on any atom is 0.323 e. The summed E-state index contributed by atoms with van der Waals surface area (Å²) < 4.78 is 10.8. The molecule has 188 valence electrons. The van der Waals surface area contributed by atoms with E-state index in [-0.39, 0.29) is 13.2 Å². The molecule has 0 bridgehead atoms. The number of carbonyl (C=O) groups excluding carboxylic acids is 2. The first kappa shape index (κ1) is 29.2. The monoisotopic (exact) mass is 460 g/mol. The molecule has 33 heavy (non-hydrogen) atoms. The van der Waals surface area contributed by atoms with Crippen LogP contribution in [0.5, 0.6) is 0 Å². The Morgan fingerprint density at radius 3 is 1.58 bits per heavy atom. The first-order valence-electron chi connectivity index (χ1n) is 13.5. The van der Waals surface area contributed by atoms with E-state index in [2.05, 4.69) is 19.1 Å². The second-order valence-corrected chi connectivity index (χ2v) is 9.15. The summed E-state index contributed by atoms with van der Waals surface area (Å²) in [5.74, 6) is -0.807. The predicted octanol–water partition coefficient (Wildman–Crippen LogP) is 7.82. The van der Waals surface area contributed by atoms with Gasteiger partial charge in [0.2, 0.25) is 0 Å². The van der Waals surface area contributed by atoms with Crippen molar-refractivity contribution >= 4 is 11.9 Å². The van der Waals surface area contributed by atoms with E-state index in [1.165, 1.54) is 50.5 Å². The van der Waals surface area contributed by atoms with E-state index in [0.29, 0.717) is 12.8 Å². The molecule has 1 aromatic carbocycles. The summed E-state index contributed by atoms with van der Waals surface area (Å²) in [4.78, 5) is 26.0. The van der Waals surface area contributed by atoms with Crippen molar-refractivity contribution in [3.8, 4) is 0 Å². The average molecular weight is 461 g/mol. The van der Waals surface area contributed by atoms with Crippen LogP contribution in [0.15, 0.2) is 30.3 Å². The number of benzene rings is 1. The van der Waals surface area contributed by atoms with Gasteiger partial charge in [0.05, 0.1) is 13.2 Å². The summed E-state index contributed by atoms with van der Waals surface area (Å²) in [6.45, 7) is 6.40. The van der Waals surface area contributed by atoms with E-state index in [1.54, 1.807) is 13.8 Å². The van der Waals surface area contributed by atoms with E-state index in [0.717, 1.165) is 38.5 Å². The van der Waals surface area contributed by atoms with Crippen molar-refractivity contribution < 1.29 is 19.1 Å². The fourth-order valence-corrected chi connectivity index (χ4v) is 4.47. The van der Waals surface area contributed by atoms with Gasteiger partial charge in [-0.1, -0.05) is 108 Å². The second-order valence-electron chi connectivity index (χ2n) is 9.15. The van der Waals surface area contributed by atoms with Crippen LogP contribution in [-0.2, 0) is 25.5 Å². The van der Waals surface area contributed by atoms with Crippen molar-refractivity contribution in [3.63, 3.8) is 0 Å². The standard InChI is InChI=1S/C29H48O4/c1-4-7-8-9-10-11-12-13-14-19-24-29(27(30)32-5-2,28(31)33-6-3)25-20-18-23-26-21-16-15-17-22-26/h15-17,21-22H,4-14,18-20,23-25H2,1-3H3. The SMILES string of the molecule is CCCCCCCCCCCCC(CCCCc1ccccc1)(C(=O)OCC)C(=O)OCC. The molecule has 0 heterocycles. The third kappa shape index (κ3) is 11.7. The van der Waals surface area contributed by atoms with E-state index < -0.39 is 17.4 Å². The van der Waals surface area contributed by atoms with Crippen LogP contribution in [-0.4, -0.2) is 25.2 Å². The zero-order chi connectivity index (χ0) is 24.2. The van der Waals surface area contributed by atoms with Crippen molar-refractivity contribution in [1.82, 2.24) is 0 Å². The molecule has 1 aromatic rings. The second kappa shape index (κ2) is 18.6. The van der Waals surface area contributed by atoms with Crippen molar-refractivity contribution in [2.24, 2.45) is 5.41 Å². The Kier molecular flexibility index (Phi) is 16.4. The molecule has 4 nitrogen and oxygen atoms in total. The van der Waals surface area contributed by atoms with Gasteiger partial charge in [-0.25, -0.2) is 0 Å². The molecule has 0 fully saturated rings. The molecule has 0 aromatic heterocycles. The van der Waals surface area contributed by atoms with Gasteiger partial charge in [-0.15, -0.1) is 0 Å². The van der Waals surface area contributed by atoms with E-state index in [9.17, 15) is 9.59 Å². The zero-order valence-corrected chi connectivity index (χ0v) is 21.5. The molecule has 0 saturated carbocycles. The average Bonchev–Trinajstić information content (AvgIpc) is 2.82. The van der Waals surface area contributed by atoms with Gasteiger partial charge < -0.3 is 9.47 Å². The smallest absolute Gasteiger partial charge is 0.323 e. The summed E-state index contributed by atoms with van der Waals surface area (Å²) in [5.41, 5.74) is 0.119. The van der Waals surface area contributed by atoms with Crippen LogP contribution in [0.25, 0.3) is 0 Å². The van der Waals surface area contributed by atoms with Gasteiger partial charge in [-0.2, -0.15) is 0 Å². The number of hydrogen-bond donors (Lipinski definition) is 0. The number of rotatable bonds is 20. The van der Waals surface area contributed by atoms with Gasteiger partial charge in [0.15, 0.2) is 5.41 Å². The summed E-state index contributed by atoms with van der Waals surface area (Å²) in [6.07, 6.45) is 15.9. The van der Waals surface area contributed by atoms with Crippen LogP contribution in [0.1, 0.15) is 116 Å². The minimum absolute atomic E-state index is 0.280. The Hall–Kier alpha value is -1.84. The lowest BCUT2D eigenvalue weighted by atomic mass is 9.77. The highest BCUT2D eigenvalue weighted by Gasteiger charge is 2.47. The summed E-state index contributed by atoms with van der Waals surface area (Å²) in [5, 5.41) is 0. The fourth-order valence-electron chi connectivity index (χ4n) is 4.47. The predicted molar refractivity (Wildman–Crippen MR) is 136 cm³/mol. The maximum absolute atomic E-state index is 13.0. The van der Waals surface area contributed by atoms with Crippen LogP contribution >= 0.6 is 0 Å². The number of esters is 2. The van der Waals surface area contributed by atoms with Crippen LogP contribution < -0.4 is 0 Å². The maximum atomic E-state index is 13.0. The molecule has 0 aliphatic heterocycles. The number of hydrogen-bond acceptors (Lipinski definition) is 4. The minimum atomic E-state index is -1.16. The lowest BCUT2D eigenvalue weighted by Gasteiger charge is -2.29. The quantitative estimate of drug-likeness (QED) is 0.113. The van der Waals surface area contributed by atoms with Gasteiger partial charge in [0.1, 0.15) is 0 Å². The van der Waals surface area contributed by atoms with Gasteiger partial charge in [0, 0.05) is 0 Å². The lowest BCUT2D eigenvalue weighted by Crippen LogP contribution is -2.42. The Morgan fingerprint density at radius 2 is 1.09 bits per heavy atom. The molecular formula is C29H48O4. The highest BCUT2D eigenvalue weighted by Crippen LogP contribution is 2.35. The summed E-state index contributed by atoms with van der Waals surface area (Å²) in [6, 6.07) is 10.3. The van der Waals surface area contributed by atoms with Gasteiger partial charge in [-0.3, -0.25) is 9.59 Å². The van der Waals surface area contributed by atoms with E-state index in [1.807, 2.05) is 18.2 Å². The normalized spacial score (nSPS) is 11.4. The van der Waals surface area contributed by atoms with E-state index >= 15 is 0 Å². The van der Waals surface area contributed by atoms with Gasteiger partial charge in [-0.05, 0) is 45.1 Å². The number of carbonyl (C=O) groups is 2. The van der Waals surface area contributed by atoms with Crippen molar-refractivity contribution in [1.29, 1.82) is 0 Å². The molecule has 4 heteroatoms. The Bertz CT molecular complexity index is 608. The van der Waals surface area contributed by atoms with Crippen LogP contribution in [0.3, 0.4) is 0 Å². The first-order chi connectivity index (χ1) is 16.1. The van der Waals surface area contributed by atoms with Gasteiger partial charge >= 0.3 is 11.9 Å².